The van der Waals surface area contributed by atoms with Gasteiger partial charge >= 0.3 is 0 Å². The van der Waals surface area contributed by atoms with Gasteiger partial charge in [-0.3, -0.25) is 9.69 Å². The van der Waals surface area contributed by atoms with Gasteiger partial charge < -0.3 is 11.1 Å². The second-order valence-corrected chi connectivity index (χ2v) is 8.82. The zero-order valence-corrected chi connectivity index (χ0v) is 16.4. The van der Waals surface area contributed by atoms with Crippen LogP contribution in [-0.2, 0) is 15.8 Å². The Morgan fingerprint density at radius 1 is 1.21 bits per heavy atom. The van der Waals surface area contributed by atoms with E-state index in [-0.39, 0.29) is 12.5 Å². The summed E-state index contributed by atoms with van der Waals surface area (Å²) in [4.78, 5) is 18.5. The molecule has 2 fully saturated rings. The van der Waals surface area contributed by atoms with Crippen LogP contribution in [0.1, 0.15) is 6.42 Å². The molecule has 2 aromatic rings. The van der Waals surface area contributed by atoms with Gasteiger partial charge in [0, 0.05) is 43.2 Å². The van der Waals surface area contributed by atoms with E-state index in [2.05, 4.69) is 10.3 Å². The summed E-state index contributed by atoms with van der Waals surface area (Å²) in [6.07, 6.45) is 2.09. The van der Waals surface area contributed by atoms with Gasteiger partial charge in [0.05, 0.1) is 23.2 Å². The molecule has 2 aliphatic rings. The van der Waals surface area contributed by atoms with Crippen LogP contribution in [0.5, 0.6) is 0 Å². The van der Waals surface area contributed by atoms with Crippen molar-refractivity contribution >= 4 is 22.7 Å². The number of nitrogens with zero attached hydrogens (tertiary/aromatic N) is 3. The van der Waals surface area contributed by atoms with Crippen LogP contribution in [0.4, 0.5) is 14.6 Å². The van der Waals surface area contributed by atoms with Gasteiger partial charge in [0.1, 0.15) is 17.5 Å². The van der Waals surface area contributed by atoms with E-state index in [1.165, 1.54) is 18.3 Å². The number of rotatable bonds is 4. The number of nitrogens with two attached hydrogens (primary N) is 1. The van der Waals surface area contributed by atoms with Crippen LogP contribution in [0.25, 0.3) is 11.1 Å². The predicted molar refractivity (Wildman–Crippen MR) is 106 cm³/mol. The number of carbonyl (C=O) groups excluding carboxylic acids is 1. The monoisotopic (exact) mass is 421 g/mol. The summed E-state index contributed by atoms with van der Waals surface area (Å²) in [7, 11) is -1.03. The Kier molecular flexibility index (Phi) is 5.43. The number of piperazine rings is 1. The lowest BCUT2D eigenvalue weighted by molar-refractivity contribution is -0.118. The maximum atomic E-state index is 13.4. The predicted octanol–water partition coefficient (Wildman–Crippen LogP) is 1.31. The first-order valence-corrected chi connectivity index (χ1v) is 10.5. The van der Waals surface area contributed by atoms with Crippen molar-refractivity contribution in [3.8, 4) is 11.1 Å². The number of benzene rings is 1. The normalized spacial score (nSPS) is 25.0. The highest BCUT2D eigenvalue weighted by atomic mass is 32.2. The number of carbonyl (C=O) groups is 1. The molecule has 10 heteroatoms. The van der Waals surface area contributed by atoms with Crippen molar-refractivity contribution in [3.05, 3.63) is 48.2 Å². The summed E-state index contributed by atoms with van der Waals surface area (Å²) in [5, 5.41) is 2.72. The molecule has 2 atom stereocenters. The molecule has 29 heavy (non-hydrogen) atoms. The number of nitrogens with one attached hydrogen (secondary N) is 1. The SMILES string of the molecule is N[C@@]12CCS(=O)N1CCN(CC(=O)Nc1ccc(-c3cc(F)cc(F)c3)cn1)C2. The molecule has 3 heterocycles. The summed E-state index contributed by atoms with van der Waals surface area (Å²) < 4.78 is 40.5. The van der Waals surface area contributed by atoms with Gasteiger partial charge in [0.2, 0.25) is 5.91 Å². The largest absolute Gasteiger partial charge is 0.311 e. The third-order valence-corrected chi connectivity index (χ3v) is 6.75. The quantitative estimate of drug-likeness (QED) is 0.777. The van der Waals surface area contributed by atoms with Crippen molar-refractivity contribution in [1.82, 2.24) is 14.2 Å². The molecule has 3 N–H and O–H groups in total. The average Bonchev–Trinajstić information content (AvgIpc) is 2.95. The molecule has 1 amide bonds. The Bertz CT molecular complexity index is 938. The van der Waals surface area contributed by atoms with E-state index in [1.54, 1.807) is 12.1 Å². The number of aromatic nitrogens is 1. The van der Waals surface area contributed by atoms with Gasteiger partial charge in [-0.1, -0.05) is 0 Å². The van der Waals surface area contributed by atoms with Crippen LogP contribution < -0.4 is 11.1 Å². The van der Waals surface area contributed by atoms with Crippen LogP contribution in [0.2, 0.25) is 0 Å². The van der Waals surface area contributed by atoms with Crippen molar-refractivity contribution < 1.29 is 17.8 Å². The zero-order chi connectivity index (χ0) is 20.6. The van der Waals surface area contributed by atoms with Crippen molar-refractivity contribution in [2.45, 2.75) is 12.1 Å². The minimum absolute atomic E-state index is 0.151. The van der Waals surface area contributed by atoms with Crippen molar-refractivity contribution in [2.24, 2.45) is 5.73 Å². The summed E-state index contributed by atoms with van der Waals surface area (Å²) in [5.74, 6) is -0.665. The standard InChI is InChI=1S/C19H21F2N5O2S/c20-15-7-14(8-16(21)9-15)13-1-2-17(23-10-13)24-18(27)11-25-4-5-26-19(22,12-25)3-6-29(26)28/h1-2,7-10H,3-6,11-12,22H2,(H,23,24,27)/t19-,29?/m0/s1. The average molecular weight is 421 g/mol. The molecule has 0 saturated carbocycles. The number of halogens is 2. The van der Waals surface area contributed by atoms with Crippen LogP contribution >= 0.6 is 0 Å². The van der Waals surface area contributed by atoms with Crippen molar-refractivity contribution in [3.63, 3.8) is 0 Å². The molecule has 1 unspecified atom stereocenters. The third kappa shape index (κ3) is 4.35. The Morgan fingerprint density at radius 2 is 1.97 bits per heavy atom. The number of fused-ring (bicyclic) bond motifs is 1. The second kappa shape index (κ2) is 7.86. The molecule has 2 aliphatic heterocycles. The van der Waals surface area contributed by atoms with Gasteiger partial charge in [-0.2, -0.15) is 0 Å². The summed E-state index contributed by atoms with van der Waals surface area (Å²) in [5.41, 5.74) is 6.62. The highest BCUT2D eigenvalue weighted by Crippen LogP contribution is 2.28. The first kappa shape index (κ1) is 20.0. The van der Waals surface area contributed by atoms with E-state index in [9.17, 15) is 17.8 Å². The zero-order valence-electron chi connectivity index (χ0n) is 15.6. The van der Waals surface area contributed by atoms with Crippen LogP contribution in [0.3, 0.4) is 0 Å². The Balaban J connectivity index is 1.36. The lowest BCUT2D eigenvalue weighted by Crippen LogP contribution is -2.65. The van der Waals surface area contributed by atoms with E-state index < -0.39 is 28.3 Å². The molecule has 0 spiro atoms. The third-order valence-electron chi connectivity index (χ3n) is 5.16. The van der Waals surface area contributed by atoms with Gasteiger partial charge in [-0.25, -0.2) is 22.3 Å². The fourth-order valence-electron chi connectivity index (χ4n) is 3.76. The molecular formula is C19H21F2N5O2S. The summed E-state index contributed by atoms with van der Waals surface area (Å²) >= 11 is 0. The first-order chi connectivity index (χ1) is 13.8. The number of amides is 1. The van der Waals surface area contributed by atoms with Crippen LogP contribution in [-0.4, -0.2) is 61.9 Å². The molecule has 7 nitrogen and oxygen atoms in total. The molecule has 2 saturated heterocycles. The maximum absolute atomic E-state index is 13.4. The van der Waals surface area contributed by atoms with Gasteiger partial charge in [-0.05, 0) is 36.2 Å². The second-order valence-electron chi connectivity index (χ2n) is 7.33. The topological polar surface area (TPSA) is 91.6 Å². The van der Waals surface area contributed by atoms with E-state index in [0.29, 0.717) is 48.8 Å². The number of anilines is 1. The molecular weight excluding hydrogens is 400 g/mol. The van der Waals surface area contributed by atoms with Gasteiger partial charge in [-0.15, -0.1) is 0 Å². The first-order valence-electron chi connectivity index (χ1n) is 9.22. The minimum atomic E-state index is -1.03. The Hall–Kier alpha value is -2.27. The van der Waals surface area contributed by atoms with E-state index >= 15 is 0 Å². The maximum Gasteiger partial charge on any atom is 0.239 e. The molecule has 4 rings (SSSR count). The van der Waals surface area contributed by atoms with E-state index in [4.69, 9.17) is 5.73 Å². The molecule has 0 radical (unpaired) electrons. The smallest absolute Gasteiger partial charge is 0.239 e. The lowest BCUT2D eigenvalue weighted by atomic mass is 10.1. The summed E-state index contributed by atoms with van der Waals surface area (Å²) in [6.45, 7) is 1.80. The molecule has 0 bridgehead atoms. The molecule has 154 valence electrons. The van der Waals surface area contributed by atoms with E-state index in [1.807, 2.05) is 9.21 Å². The highest BCUT2D eigenvalue weighted by Gasteiger charge is 2.46. The van der Waals surface area contributed by atoms with Crippen LogP contribution in [0.15, 0.2) is 36.5 Å². The molecule has 1 aromatic carbocycles. The van der Waals surface area contributed by atoms with Crippen molar-refractivity contribution in [2.75, 3.05) is 37.2 Å². The van der Waals surface area contributed by atoms with E-state index in [0.717, 1.165) is 6.07 Å². The molecule has 0 aliphatic carbocycles. The number of hydrogen-bond acceptors (Lipinski definition) is 5. The minimum Gasteiger partial charge on any atom is -0.311 e. The molecule has 1 aromatic heterocycles. The fraction of sp³-hybridized carbons (Fsp3) is 0.368. The fourth-order valence-corrected chi connectivity index (χ4v) is 5.35. The highest BCUT2D eigenvalue weighted by molar-refractivity contribution is 7.82. The summed E-state index contributed by atoms with van der Waals surface area (Å²) in [6, 6.07) is 6.46. The van der Waals surface area contributed by atoms with Gasteiger partial charge in [0.25, 0.3) is 0 Å². The lowest BCUT2D eigenvalue weighted by Gasteiger charge is -2.42. The van der Waals surface area contributed by atoms with Crippen molar-refractivity contribution in [1.29, 1.82) is 0 Å². The van der Waals surface area contributed by atoms with Gasteiger partial charge in [0.15, 0.2) is 0 Å². The number of pyridine rings is 1. The Morgan fingerprint density at radius 3 is 2.66 bits per heavy atom. The Labute approximate surface area is 169 Å². The number of hydrogen-bond donors (Lipinski definition) is 2. The van der Waals surface area contributed by atoms with Crippen LogP contribution in [0, 0.1) is 11.6 Å².